The summed E-state index contributed by atoms with van der Waals surface area (Å²) >= 11 is 0. The van der Waals surface area contributed by atoms with E-state index in [1.807, 2.05) is 30.3 Å². The Hall–Kier alpha value is -1.35. The lowest BCUT2D eigenvalue weighted by molar-refractivity contribution is -0.122. The van der Waals surface area contributed by atoms with E-state index in [1.54, 1.807) is 0 Å². The molecule has 1 saturated carbocycles. The molecule has 0 aliphatic heterocycles. The lowest BCUT2D eigenvalue weighted by atomic mass is 9.79. The Labute approximate surface area is 128 Å². The maximum absolute atomic E-state index is 12.2. The van der Waals surface area contributed by atoms with Crippen LogP contribution in [0.15, 0.2) is 30.3 Å². The Balaban J connectivity index is 1.81. The van der Waals surface area contributed by atoms with Gasteiger partial charge < -0.3 is 11.1 Å². The highest BCUT2D eigenvalue weighted by atomic mass is 16.1. The first-order valence-corrected chi connectivity index (χ1v) is 8.16. The number of rotatable bonds is 5. The van der Waals surface area contributed by atoms with Crippen LogP contribution < -0.4 is 11.1 Å². The number of benzene rings is 1. The van der Waals surface area contributed by atoms with Crippen LogP contribution in [-0.4, -0.2) is 11.9 Å². The second-order valence-corrected chi connectivity index (χ2v) is 6.66. The summed E-state index contributed by atoms with van der Waals surface area (Å²) in [6.45, 7) is 4.56. The van der Waals surface area contributed by atoms with Crippen molar-refractivity contribution in [1.82, 2.24) is 5.32 Å². The van der Waals surface area contributed by atoms with E-state index in [0.29, 0.717) is 18.4 Å². The van der Waals surface area contributed by atoms with Crippen LogP contribution in [0.4, 0.5) is 0 Å². The van der Waals surface area contributed by atoms with Crippen LogP contribution in [0.2, 0.25) is 0 Å². The normalized spacial score (nSPS) is 23.8. The summed E-state index contributed by atoms with van der Waals surface area (Å²) < 4.78 is 0. The summed E-state index contributed by atoms with van der Waals surface area (Å²) in [6, 6.07) is 9.96. The van der Waals surface area contributed by atoms with Gasteiger partial charge >= 0.3 is 0 Å². The van der Waals surface area contributed by atoms with Gasteiger partial charge in [0.2, 0.25) is 5.91 Å². The average Bonchev–Trinajstić information content (AvgIpc) is 2.48. The first kappa shape index (κ1) is 16.0. The van der Waals surface area contributed by atoms with Gasteiger partial charge in [-0.1, -0.05) is 57.0 Å². The number of amides is 1. The quantitative estimate of drug-likeness (QED) is 0.872. The van der Waals surface area contributed by atoms with Crippen molar-refractivity contribution in [3.63, 3.8) is 0 Å². The molecule has 3 atom stereocenters. The van der Waals surface area contributed by atoms with E-state index in [0.717, 1.165) is 24.3 Å². The highest BCUT2D eigenvalue weighted by Gasteiger charge is 2.25. The Bertz CT molecular complexity index is 444. The lowest BCUT2D eigenvalue weighted by Crippen LogP contribution is -2.40. The number of carbonyl (C=O) groups is 1. The SMILES string of the molecule is CC(C)C1CCCC(NC(=O)CC(N)c2ccccc2)C1. The third-order valence-electron chi connectivity index (χ3n) is 4.66. The number of carbonyl (C=O) groups excluding carboxylic acids is 1. The van der Waals surface area contributed by atoms with Gasteiger partial charge in [0.25, 0.3) is 0 Å². The predicted octanol–water partition coefficient (Wildman–Crippen LogP) is 3.41. The third-order valence-corrected chi connectivity index (χ3v) is 4.66. The highest BCUT2D eigenvalue weighted by molar-refractivity contribution is 5.77. The summed E-state index contributed by atoms with van der Waals surface area (Å²) in [4.78, 5) is 12.2. The molecule has 1 aliphatic carbocycles. The van der Waals surface area contributed by atoms with Crippen molar-refractivity contribution in [2.24, 2.45) is 17.6 Å². The molecule has 2 rings (SSSR count). The second kappa shape index (κ2) is 7.60. The molecule has 3 nitrogen and oxygen atoms in total. The van der Waals surface area contributed by atoms with Crippen LogP contribution in [0.25, 0.3) is 0 Å². The molecule has 3 heteroatoms. The number of nitrogens with two attached hydrogens (primary N) is 1. The zero-order valence-corrected chi connectivity index (χ0v) is 13.2. The van der Waals surface area contributed by atoms with Crippen LogP contribution in [0, 0.1) is 11.8 Å². The number of hydrogen-bond acceptors (Lipinski definition) is 2. The molecule has 0 bridgehead atoms. The Kier molecular flexibility index (Phi) is 5.80. The maximum atomic E-state index is 12.2. The van der Waals surface area contributed by atoms with Crippen molar-refractivity contribution in [2.75, 3.05) is 0 Å². The molecular weight excluding hydrogens is 260 g/mol. The molecule has 3 unspecified atom stereocenters. The molecule has 0 aromatic heterocycles. The molecule has 3 N–H and O–H groups in total. The molecule has 0 saturated heterocycles. The van der Waals surface area contributed by atoms with Crippen molar-refractivity contribution in [3.05, 3.63) is 35.9 Å². The van der Waals surface area contributed by atoms with Gasteiger partial charge in [0.15, 0.2) is 0 Å². The van der Waals surface area contributed by atoms with Gasteiger partial charge in [0, 0.05) is 18.5 Å². The van der Waals surface area contributed by atoms with Crippen molar-refractivity contribution in [3.8, 4) is 0 Å². The van der Waals surface area contributed by atoms with E-state index in [-0.39, 0.29) is 11.9 Å². The van der Waals surface area contributed by atoms with Gasteiger partial charge in [0.1, 0.15) is 0 Å². The molecule has 0 heterocycles. The third kappa shape index (κ3) is 4.85. The highest BCUT2D eigenvalue weighted by Crippen LogP contribution is 2.30. The van der Waals surface area contributed by atoms with Crippen molar-refractivity contribution >= 4 is 5.91 Å². The van der Waals surface area contributed by atoms with Crippen LogP contribution in [0.3, 0.4) is 0 Å². The molecule has 21 heavy (non-hydrogen) atoms. The molecule has 0 radical (unpaired) electrons. The van der Waals surface area contributed by atoms with E-state index in [9.17, 15) is 4.79 Å². The summed E-state index contributed by atoms with van der Waals surface area (Å²) in [6.07, 6.45) is 5.11. The monoisotopic (exact) mass is 288 g/mol. The topological polar surface area (TPSA) is 55.1 Å². The summed E-state index contributed by atoms with van der Waals surface area (Å²) in [5.41, 5.74) is 7.14. The number of hydrogen-bond donors (Lipinski definition) is 2. The number of nitrogens with one attached hydrogen (secondary N) is 1. The fourth-order valence-electron chi connectivity index (χ4n) is 3.27. The van der Waals surface area contributed by atoms with Gasteiger partial charge in [0.05, 0.1) is 0 Å². The van der Waals surface area contributed by atoms with E-state index in [2.05, 4.69) is 19.2 Å². The summed E-state index contributed by atoms with van der Waals surface area (Å²) in [5.74, 6) is 1.53. The molecule has 1 amide bonds. The van der Waals surface area contributed by atoms with E-state index in [1.165, 1.54) is 12.8 Å². The van der Waals surface area contributed by atoms with Crippen LogP contribution in [0.1, 0.15) is 57.6 Å². The molecule has 116 valence electrons. The van der Waals surface area contributed by atoms with E-state index in [4.69, 9.17) is 5.73 Å². The molecule has 1 aliphatic rings. The standard InChI is InChI=1S/C18H28N2O/c1-13(2)15-9-6-10-16(11-15)20-18(21)12-17(19)14-7-4-3-5-8-14/h3-5,7-8,13,15-17H,6,9-12,19H2,1-2H3,(H,20,21). The van der Waals surface area contributed by atoms with Crippen molar-refractivity contribution < 1.29 is 4.79 Å². The fourth-order valence-corrected chi connectivity index (χ4v) is 3.27. The predicted molar refractivity (Wildman–Crippen MR) is 86.7 cm³/mol. The molecule has 1 fully saturated rings. The van der Waals surface area contributed by atoms with Crippen LogP contribution >= 0.6 is 0 Å². The van der Waals surface area contributed by atoms with Gasteiger partial charge in [-0.2, -0.15) is 0 Å². The maximum Gasteiger partial charge on any atom is 0.222 e. The zero-order chi connectivity index (χ0) is 15.2. The van der Waals surface area contributed by atoms with Gasteiger partial charge in [-0.25, -0.2) is 0 Å². The average molecular weight is 288 g/mol. The second-order valence-electron chi connectivity index (χ2n) is 6.66. The van der Waals surface area contributed by atoms with Crippen LogP contribution in [-0.2, 0) is 4.79 Å². The minimum atomic E-state index is -0.212. The first-order valence-electron chi connectivity index (χ1n) is 8.16. The Morgan fingerprint density at radius 1 is 1.29 bits per heavy atom. The molecule has 1 aromatic rings. The smallest absolute Gasteiger partial charge is 0.222 e. The van der Waals surface area contributed by atoms with Gasteiger partial charge in [-0.15, -0.1) is 0 Å². The summed E-state index contributed by atoms with van der Waals surface area (Å²) in [7, 11) is 0. The largest absolute Gasteiger partial charge is 0.353 e. The van der Waals surface area contributed by atoms with Gasteiger partial charge in [-0.05, 0) is 30.2 Å². The van der Waals surface area contributed by atoms with Crippen molar-refractivity contribution in [1.29, 1.82) is 0 Å². The van der Waals surface area contributed by atoms with Crippen LogP contribution in [0.5, 0.6) is 0 Å². The minimum absolute atomic E-state index is 0.0840. The molecular formula is C18H28N2O. The fraction of sp³-hybridized carbons (Fsp3) is 0.611. The Morgan fingerprint density at radius 2 is 2.00 bits per heavy atom. The zero-order valence-electron chi connectivity index (χ0n) is 13.2. The summed E-state index contributed by atoms with van der Waals surface area (Å²) in [5, 5.41) is 3.19. The van der Waals surface area contributed by atoms with Gasteiger partial charge in [-0.3, -0.25) is 4.79 Å². The minimum Gasteiger partial charge on any atom is -0.353 e. The molecule has 0 spiro atoms. The lowest BCUT2D eigenvalue weighted by Gasteiger charge is -2.32. The van der Waals surface area contributed by atoms with Crippen molar-refractivity contribution in [2.45, 2.75) is 58.0 Å². The van der Waals surface area contributed by atoms with E-state index < -0.39 is 0 Å². The molecule has 1 aromatic carbocycles. The Morgan fingerprint density at radius 3 is 2.67 bits per heavy atom. The van der Waals surface area contributed by atoms with E-state index >= 15 is 0 Å². The first-order chi connectivity index (χ1) is 10.1.